The second-order valence-corrected chi connectivity index (χ2v) is 4.47. The van der Waals surface area contributed by atoms with Gasteiger partial charge in [0.2, 0.25) is 0 Å². The highest BCUT2D eigenvalue weighted by molar-refractivity contribution is 5.50. The van der Waals surface area contributed by atoms with Gasteiger partial charge < -0.3 is 15.2 Å². The first-order valence-corrected chi connectivity index (χ1v) is 5.24. The zero-order valence-corrected chi connectivity index (χ0v) is 10.7. The second kappa shape index (κ2) is 4.68. The summed E-state index contributed by atoms with van der Waals surface area (Å²) in [6.45, 7) is 3.01. The van der Waals surface area contributed by atoms with Crippen molar-refractivity contribution in [2.45, 2.75) is 25.6 Å². The highest BCUT2D eigenvalue weighted by atomic mass is 19.4. The van der Waals surface area contributed by atoms with E-state index in [1.54, 1.807) is 0 Å². The second-order valence-electron chi connectivity index (χ2n) is 4.47. The fourth-order valence-electron chi connectivity index (χ4n) is 1.65. The standard InChI is InChI=1S/C12H16F3NO2/c1-11(2,16)7-5-9(17-3)10(18-4)6-8(7)12(13,14)15/h5-6H,16H2,1-4H3. The van der Waals surface area contributed by atoms with Gasteiger partial charge in [-0.3, -0.25) is 0 Å². The Morgan fingerprint density at radius 1 is 0.944 bits per heavy atom. The van der Waals surface area contributed by atoms with E-state index in [1.807, 2.05) is 0 Å². The van der Waals surface area contributed by atoms with E-state index in [9.17, 15) is 13.2 Å². The van der Waals surface area contributed by atoms with Crippen molar-refractivity contribution < 1.29 is 22.6 Å². The number of hydrogen-bond donors (Lipinski definition) is 1. The van der Waals surface area contributed by atoms with Crippen molar-refractivity contribution in [2.24, 2.45) is 5.73 Å². The van der Waals surface area contributed by atoms with E-state index in [0.29, 0.717) is 0 Å². The SMILES string of the molecule is COc1cc(C(C)(C)N)c(C(F)(F)F)cc1OC. The Morgan fingerprint density at radius 2 is 1.33 bits per heavy atom. The summed E-state index contributed by atoms with van der Waals surface area (Å²) in [5.41, 5.74) is 3.79. The Balaban J connectivity index is 3.57. The lowest BCUT2D eigenvalue weighted by molar-refractivity contribution is -0.138. The maximum atomic E-state index is 13.0. The summed E-state index contributed by atoms with van der Waals surface area (Å²) >= 11 is 0. The van der Waals surface area contributed by atoms with Gasteiger partial charge in [0, 0.05) is 5.54 Å². The molecule has 0 heterocycles. The Morgan fingerprint density at radius 3 is 1.61 bits per heavy atom. The summed E-state index contributed by atoms with van der Waals surface area (Å²) in [5.74, 6) is 0.247. The Kier molecular flexibility index (Phi) is 3.81. The first-order chi connectivity index (χ1) is 8.11. The van der Waals surface area contributed by atoms with Gasteiger partial charge in [0.1, 0.15) is 0 Å². The van der Waals surface area contributed by atoms with Crippen LogP contribution in [0.4, 0.5) is 13.2 Å². The molecule has 0 bridgehead atoms. The van der Waals surface area contributed by atoms with Crippen LogP contribution in [-0.2, 0) is 11.7 Å². The molecule has 0 aliphatic rings. The van der Waals surface area contributed by atoms with Crippen LogP contribution in [0.1, 0.15) is 25.0 Å². The van der Waals surface area contributed by atoms with E-state index in [-0.39, 0.29) is 17.1 Å². The third-order valence-electron chi connectivity index (χ3n) is 2.52. The molecule has 0 saturated carbocycles. The number of ether oxygens (including phenoxy) is 2. The molecule has 0 fully saturated rings. The van der Waals surface area contributed by atoms with Gasteiger partial charge in [0.05, 0.1) is 19.8 Å². The van der Waals surface area contributed by atoms with Crippen molar-refractivity contribution >= 4 is 0 Å². The summed E-state index contributed by atoms with van der Waals surface area (Å²) in [6, 6.07) is 2.17. The maximum Gasteiger partial charge on any atom is 0.416 e. The average molecular weight is 263 g/mol. The maximum absolute atomic E-state index is 13.0. The molecule has 0 aromatic heterocycles. The largest absolute Gasteiger partial charge is 0.493 e. The summed E-state index contributed by atoms with van der Waals surface area (Å²) in [6.07, 6.45) is -4.49. The molecule has 0 unspecified atom stereocenters. The van der Waals surface area contributed by atoms with E-state index in [2.05, 4.69) is 0 Å². The van der Waals surface area contributed by atoms with Crippen molar-refractivity contribution in [3.8, 4) is 11.5 Å². The Labute approximate surface area is 104 Å². The molecular formula is C12H16F3NO2. The molecule has 0 amide bonds. The van der Waals surface area contributed by atoms with Crippen LogP contribution in [0.15, 0.2) is 12.1 Å². The topological polar surface area (TPSA) is 44.5 Å². The molecule has 0 radical (unpaired) electrons. The van der Waals surface area contributed by atoms with Gasteiger partial charge in [-0.1, -0.05) is 0 Å². The minimum Gasteiger partial charge on any atom is -0.493 e. The molecule has 1 aromatic carbocycles. The molecule has 0 saturated heterocycles. The monoisotopic (exact) mass is 263 g/mol. The number of nitrogens with two attached hydrogens (primary N) is 1. The van der Waals surface area contributed by atoms with E-state index in [0.717, 1.165) is 6.07 Å². The molecule has 102 valence electrons. The molecule has 6 heteroatoms. The van der Waals surface area contributed by atoms with Crippen molar-refractivity contribution in [2.75, 3.05) is 14.2 Å². The molecule has 0 atom stereocenters. The van der Waals surface area contributed by atoms with Crippen LogP contribution in [0.25, 0.3) is 0 Å². The normalized spacial score (nSPS) is 12.4. The number of rotatable bonds is 3. The molecule has 0 aliphatic heterocycles. The fourth-order valence-corrected chi connectivity index (χ4v) is 1.65. The molecule has 2 N–H and O–H groups in total. The van der Waals surface area contributed by atoms with Gasteiger partial charge >= 0.3 is 6.18 Å². The zero-order chi connectivity index (χ0) is 14.1. The van der Waals surface area contributed by atoms with Crippen molar-refractivity contribution in [3.05, 3.63) is 23.3 Å². The molecular weight excluding hydrogens is 247 g/mol. The van der Waals surface area contributed by atoms with Crippen molar-refractivity contribution in [1.82, 2.24) is 0 Å². The lowest BCUT2D eigenvalue weighted by Gasteiger charge is -2.25. The minimum atomic E-state index is -4.49. The molecule has 3 nitrogen and oxygen atoms in total. The summed E-state index contributed by atoms with van der Waals surface area (Å²) in [7, 11) is 2.64. The van der Waals surface area contributed by atoms with Crippen LogP contribution in [0.2, 0.25) is 0 Å². The fraction of sp³-hybridized carbons (Fsp3) is 0.500. The van der Waals surface area contributed by atoms with Crippen LogP contribution < -0.4 is 15.2 Å². The summed E-state index contributed by atoms with van der Waals surface area (Å²) in [4.78, 5) is 0. The predicted molar refractivity (Wildman–Crippen MR) is 61.8 cm³/mol. The van der Waals surface area contributed by atoms with Gasteiger partial charge in [0.25, 0.3) is 0 Å². The van der Waals surface area contributed by atoms with Gasteiger partial charge in [0.15, 0.2) is 11.5 Å². The Bertz CT molecular complexity index is 395. The van der Waals surface area contributed by atoms with Crippen LogP contribution in [0.3, 0.4) is 0 Å². The lowest BCUT2D eigenvalue weighted by atomic mass is 9.90. The van der Waals surface area contributed by atoms with E-state index in [1.165, 1.54) is 34.1 Å². The Hall–Kier alpha value is -1.43. The molecule has 0 aliphatic carbocycles. The highest BCUT2D eigenvalue weighted by Crippen LogP contribution is 2.41. The van der Waals surface area contributed by atoms with Gasteiger partial charge in [-0.05, 0) is 31.5 Å². The third-order valence-corrected chi connectivity index (χ3v) is 2.52. The average Bonchev–Trinajstić information content (AvgIpc) is 2.24. The van der Waals surface area contributed by atoms with E-state index >= 15 is 0 Å². The van der Waals surface area contributed by atoms with Crippen LogP contribution >= 0.6 is 0 Å². The van der Waals surface area contributed by atoms with Gasteiger partial charge in [-0.25, -0.2) is 0 Å². The first kappa shape index (κ1) is 14.6. The predicted octanol–water partition coefficient (Wildman–Crippen LogP) is 2.92. The number of halogens is 3. The number of methoxy groups -OCH3 is 2. The first-order valence-electron chi connectivity index (χ1n) is 5.24. The highest BCUT2D eigenvalue weighted by Gasteiger charge is 2.38. The molecule has 1 rings (SSSR count). The summed E-state index contributed by atoms with van der Waals surface area (Å²) in [5, 5.41) is 0. The number of benzene rings is 1. The van der Waals surface area contributed by atoms with Crippen molar-refractivity contribution in [1.29, 1.82) is 0 Å². The third kappa shape index (κ3) is 2.87. The number of alkyl halides is 3. The minimum absolute atomic E-state index is 0.0258. The molecule has 1 aromatic rings. The van der Waals surface area contributed by atoms with Crippen LogP contribution in [-0.4, -0.2) is 14.2 Å². The molecule has 18 heavy (non-hydrogen) atoms. The molecule has 0 spiro atoms. The van der Waals surface area contributed by atoms with Gasteiger partial charge in [-0.15, -0.1) is 0 Å². The summed E-state index contributed by atoms with van der Waals surface area (Å²) < 4.78 is 48.8. The van der Waals surface area contributed by atoms with E-state index < -0.39 is 17.3 Å². The van der Waals surface area contributed by atoms with Crippen LogP contribution in [0, 0.1) is 0 Å². The van der Waals surface area contributed by atoms with E-state index in [4.69, 9.17) is 15.2 Å². The van der Waals surface area contributed by atoms with Crippen LogP contribution in [0.5, 0.6) is 11.5 Å². The van der Waals surface area contributed by atoms with Crippen molar-refractivity contribution in [3.63, 3.8) is 0 Å². The lowest BCUT2D eigenvalue weighted by Crippen LogP contribution is -2.31. The van der Waals surface area contributed by atoms with Gasteiger partial charge in [-0.2, -0.15) is 13.2 Å². The smallest absolute Gasteiger partial charge is 0.416 e. The zero-order valence-electron chi connectivity index (χ0n) is 10.7. The quantitative estimate of drug-likeness (QED) is 0.912. The number of hydrogen-bond acceptors (Lipinski definition) is 3.